The van der Waals surface area contributed by atoms with Gasteiger partial charge in [-0.05, 0) is 48.9 Å². The maximum atomic E-state index is 12.9. The third-order valence-corrected chi connectivity index (χ3v) is 5.98. The molecule has 0 fully saturated rings. The second kappa shape index (κ2) is 8.07. The van der Waals surface area contributed by atoms with E-state index in [2.05, 4.69) is 21.2 Å². The number of carbonyl (C=O) groups is 1. The van der Waals surface area contributed by atoms with Crippen LogP contribution in [0.25, 0.3) is 0 Å². The normalized spacial score (nSPS) is 12.8. The molecule has 8 heteroatoms. The summed E-state index contributed by atoms with van der Waals surface area (Å²) in [6.45, 7) is 1.43. The summed E-state index contributed by atoms with van der Waals surface area (Å²) in [5.74, 6) is -0.803. The van der Waals surface area contributed by atoms with E-state index in [9.17, 15) is 17.6 Å². The number of carbonyl (C=O) groups excluding carboxylic acids is 1. The molecule has 134 valence electrons. The molecule has 25 heavy (non-hydrogen) atoms. The molecule has 0 heterocycles. The van der Waals surface area contributed by atoms with Gasteiger partial charge >= 0.3 is 0 Å². The largest absolute Gasteiger partial charge is 0.348 e. The van der Waals surface area contributed by atoms with Crippen LogP contribution in [0.3, 0.4) is 0 Å². The van der Waals surface area contributed by atoms with E-state index in [-0.39, 0.29) is 23.3 Å². The van der Waals surface area contributed by atoms with Crippen molar-refractivity contribution in [2.24, 2.45) is 0 Å². The summed E-state index contributed by atoms with van der Waals surface area (Å²) >= 11 is 3.25. The van der Waals surface area contributed by atoms with E-state index in [0.717, 1.165) is 14.3 Å². The first-order valence-electron chi connectivity index (χ1n) is 7.47. The van der Waals surface area contributed by atoms with Crippen LogP contribution in [0.1, 0.15) is 18.5 Å². The number of benzene rings is 2. The summed E-state index contributed by atoms with van der Waals surface area (Å²) in [6, 6.07) is 11.6. The highest BCUT2D eigenvalue weighted by molar-refractivity contribution is 9.10. The molecular weight excluding hydrogens is 411 g/mol. The fraction of sp³-hybridized carbons (Fsp3) is 0.235. The van der Waals surface area contributed by atoms with Crippen LogP contribution in [-0.4, -0.2) is 32.2 Å². The van der Waals surface area contributed by atoms with E-state index < -0.39 is 15.9 Å². The second-order valence-corrected chi connectivity index (χ2v) is 8.52. The zero-order valence-corrected chi connectivity index (χ0v) is 16.1. The SMILES string of the molecule is CC(NC(=O)CN(C)S(=O)(=O)c1ccc(Br)cc1)c1ccc(F)cc1. The molecule has 1 N–H and O–H groups in total. The number of nitrogens with one attached hydrogen (secondary N) is 1. The maximum absolute atomic E-state index is 12.9. The fourth-order valence-electron chi connectivity index (χ4n) is 2.20. The Bertz CT molecular complexity index is 839. The van der Waals surface area contributed by atoms with Gasteiger partial charge in [0.25, 0.3) is 0 Å². The van der Waals surface area contributed by atoms with Gasteiger partial charge in [-0.1, -0.05) is 28.1 Å². The first-order valence-corrected chi connectivity index (χ1v) is 9.70. The highest BCUT2D eigenvalue weighted by Gasteiger charge is 2.23. The van der Waals surface area contributed by atoms with Crippen molar-refractivity contribution in [2.75, 3.05) is 13.6 Å². The number of likely N-dealkylation sites (N-methyl/N-ethyl adjacent to an activating group) is 1. The molecular formula is C17H18BrFN2O3S. The van der Waals surface area contributed by atoms with Crippen LogP contribution in [0, 0.1) is 5.82 Å². The first-order chi connectivity index (χ1) is 11.7. The van der Waals surface area contributed by atoms with Crippen LogP contribution < -0.4 is 5.32 Å². The van der Waals surface area contributed by atoms with E-state index in [1.807, 2.05) is 0 Å². The fourth-order valence-corrected chi connectivity index (χ4v) is 3.59. The van der Waals surface area contributed by atoms with Crippen LogP contribution in [0.5, 0.6) is 0 Å². The van der Waals surface area contributed by atoms with E-state index in [1.54, 1.807) is 31.2 Å². The van der Waals surface area contributed by atoms with Gasteiger partial charge in [-0.15, -0.1) is 0 Å². The summed E-state index contributed by atoms with van der Waals surface area (Å²) in [5, 5.41) is 2.70. The molecule has 0 aromatic heterocycles. The van der Waals surface area contributed by atoms with Crippen LogP contribution >= 0.6 is 15.9 Å². The first kappa shape index (κ1) is 19.6. The van der Waals surface area contributed by atoms with Crippen LogP contribution in [0.2, 0.25) is 0 Å². The average molecular weight is 429 g/mol. The Morgan fingerprint density at radius 1 is 1.16 bits per heavy atom. The number of rotatable bonds is 6. The Kier molecular flexibility index (Phi) is 6.31. The molecule has 0 saturated carbocycles. The van der Waals surface area contributed by atoms with Gasteiger partial charge in [-0.2, -0.15) is 4.31 Å². The molecule has 1 amide bonds. The minimum Gasteiger partial charge on any atom is -0.348 e. The van der Waals surface area contributed by atoms with Crippen molar-refractivity contribution >= 4 is 31.9 Å². The predicted molar refractivity (Wildman–Crippen MR) is 96.9 cm³/mol. The highest BCUT2D eigenvalue weighted by Crippen LogP contribution is 2.18. The molecule has 2 rings (SSSR count). The minimum absolute atomic E-state index is 0.109. The smallest absolute Gasteiger partial charge is 0.243 e. The van der Waals surface area contributed by atoms with Gasteiger partial charge in [0.1, 0.15) is 5.82 Å². The Balaban J connectivity index is 2.01. The molecule has 0 radical (unpaired) electrons. The van der Waals surface area contributed by atoms with E-state index in [0.29, 0.717) is 0 Å². The number of halogens is 2. The van der Waals surface area contributed by atoms with Gasteiger partial charge in [0.2, 0.25) is 15.9 Å². The molecule has 0 aliphatic heterocycles. The van der Waals surface area contributed by atoms with Crippen LogP contribution in [0.15, 0.2) is 57.9 Å². The van der Waals surface area contributed by atoms with Gasteiger partial charge in [-0.25, -0.2) is 12.8 Å². The topological polar surface area (TPSA) is 66.5 Å². The van der Waals surface area contributed by atoms with Crippen molar-refractivity contribution < 1.29 is 17.6 Å². The van der Waals surface area contributed by atoms with Crippen LogP contribution in [0.4, 0.5) is 4.39 Å². The Labute approximate surface area is 155 Å². The molecule has 0 saturated heterocycles. The van der Waals surface area contributed by atoms with Gasteiger partial charge in [0, 0.05) is 11.5 Å². The van der Waals surface area contributed by atoms with Crippen molar-refractivity contribution in [3.8, 4) is 0 Å². The third-order valence-electron chi connectivity index (χ3n) is 3.64. The zero-order valence-electron chi connectivity index (χ0n) is 13.7. The van der Waals surface area contributed by atoms with Gasteiger partial charge in [-0.3, -0.25) is 4.79 Å². The maximum Gasteiger partial charge on any atom is 0.243 e. The summed E-state index contributed by atoms with van der Waals surface area (Å²) in [4.78, 5) is 12.2. The number of sulfonamides is 1. The lowest BCUT2D eigenvalue weighted by Crippen LogP contribution is -2.39. The molecule has 1 unspecified atom stereocenters. The van der Waals surface area contributed by atoms with E-state index in [4.69, 9.17) is 0 Å². The molecule has 2 aromatic rings. The Hall–Kier alpha value is -1.77. The average Bonchev–Trinajstić information content (AvgIpc) is 2.55. The standard InChI is InChI=1S/C17H18BrFN2O3S/c1-12(13-3-7-15(19)8-4-13)20-17(22)11-21(2)25(23,24)16-9-5-14(18)6-10-16/h3-10,12H,11H2,1-2H3,(H,20,22). The lowest BCUT2D eigenvalue weighted by atomic mass is 10.1. The molecule has 0 bridgehead atoms. The van der Waals surface area contributed by atoms with Crippen molar-refractivity contribution in [3.63, 3.8) is 0 Å². The minimum atomic E-state index is -3.75. The van der Waals surface area contributed by atoms with Crippen LogP contribution in [-0.2, 0) is 14.8 Å². The van der Waals surface area contributed by atoms with Gasteiger partial charge in [0.05, 0.1) is 17.5 Å². The Morgan fingerprint density at radius 3 is 2.28 bits per heavy atom. The lowest BCUT2D eigenvalue weighted by molar-refractivity contribution is -0.121. The highest BCUT2D eigenvalue weighted by atomic mass is 79.9. The van der Waals surface area contributed by atoms with Gasteiger partial charge in [0.15, 0.2) is 0 Å². The lowest BCUT2D eigenvalue weighted by Gasteiger charge is -2.19. The molecule has 0 spiro atoms. The predicted octanol–water partition coefficient (Wildman–Crippen LogP) is 3.09. The molecule has 0 aliphatic carbocycles. The zero-order chi connectivity index (χ0) is 18.6. The van der Waals surface area contributed by atoms with E-state index in [1.165, 1.54) is 31.3 Å². The van der Waals surface area contributed by atoms with Gasteiger partial charge < -0.3 is 5.32 Å². The van der Waals surface area contributed by atoms with Crippen molar-refractivity contribution in [1.82, 2.24) is 9.62 Å². The molecule has 2 aromatic carbocycles. The summed E-state index contributed by atoms with van der Waals surface area (Å²) < 4.78 is 39.6. The molecule has 1 atom stereocenters. The molecule has 0 aliphatic rings. The summed E-state index contributed by atoms with van der Waals surface area (Å²) in [5.41, 5.74) is 0.730. The summed E-state index contributed by atoms with van der Waals surface area (Å²) in [7, 11) is -2.41. The number of amides is 1. The van der Waals surface area contributed by atoms with Crippen molar-refractivity contribution in [1.29, 1.82) is 0 Å². The number of hydrogen-bond acceptors (Lipinski definition) is 3. The quantitative estimate of drug-likeness (QED) is 0.768. The molecule has 5 nitrogen and oxygen atoms in total. The number of nitrogens with zero attached hydrogens (tertiary/aromatic N) is 1. The second-order valence-electron chi connectivity index (χ2n) is 5.56. The van der Waals surface area contributed by atoms with Crippen molar-refractivity contribution in [2.45, 2.75) is 17.9 Å². The number of hydrogen-bond donors (Lipinski definition) is 1. The van der Waals surface area contributed by atoms with E-state index >= 15 is 0 Å². The third kappa shape index (κ3) is 5.10. The monoisotopic (exact) mass is 428 g/mol. The Morgan fingerprint density at radius 2 is 1.72 bits per heavy atom. The summed E-state index contributed by atoms with van der Waals surface area (Å²) in [6.07, 6.45) is 0. The van der Waals surface area contributed by atoms with Crippen molar-refractivity contribution in [3.05, 3.63) is 64.4 Å².